The Morgan fingerprint density at radius 2 is 2.04 bits per heavy atom. The molecule has 0 radical (unpaired) electrons. The van der Waals surface area contributed by atoms with Crippen LogP contribution in [0.1, 0.15) is 5.56 Å². The smallest absolute Gasteiger partial charge is 0.139 e. The molecule has 0 atom stereocenters. The van der Waals surface area contributed by atoms with Crippen molar-refractivity contribution in [1.29, 1.82) is 0 Å². The Kier molecular flexibility index (Phi) is 5.98. The van der Waals surface area contributed by atoms with Crippen LogP contribution in [0.4, 0.5) is 0 Å². The SMILES string of the molecule is COc1ccc(CO)cc1-c1cnn(COCC[Si](C)(C)C)c1. The minimum Gasteiger partial charge on any atom is -0.496 e. The summed E-state index contributed by atoms with van der Waals surface area (Å²) in [4.78, 5) is 0. The predicted molar refractivity (Wildman–Crippen MR) is 94.2 cm³/mol. The maximum Gasteiger partial charge on any atom is 0.139 e. The number of aliphatic hydroxyl groups excluding tert-OH is 1. The van der Waals surface area contributed by atoms with Gasteiger partial charge in [0.15, 0.2) is 0 Å². The summed E-state index contributed by atoms with van der Waals surface area (Å²) in [5, 5.41) is 13.7. The van der Waals surface area contributed by atoms with Gasteiger partial charge in [-0.3, -0.25) is 0 Å². The molecule has 5 nitrogen and oxygen atoms in total. The third-order valence-electron chi connectivity index (χ3n) is 3.61. The average Bonchev–Trinajstić information content (AvgIpc) is 2.98. The van der Waals surface area contributed by atoms with Gasteiger partial charge in [0, 0.05) is 32.0 Å². The molecule has 0 fully saturated rings. The summed E-state index contributed by atoms with van der Waals surface area (Å²) in [5.41, 5.74) is 2.72. The number of nitrogens with zero attached hydrogens (tertiary/aromatic N) is 2. The molecule has 6 heteroatoms. The number of ether oxygens (including phenoxy) is 2. The highest BCUT2D eigenvalue weighted by Crippen LogP contribution is 2.30. The van der Waals surface area contributed by atoms with Crippen molar-refractivity contribution in [3.63, 3.8) is 0 Å². The summed E-state index contributed by atoms with van der Waals surface area (Å²) in [6.07, 6.45) is 3.73. The highest BCUT2D eigenvalue weighted by molar-refractivity contribution is 6.76. The van der Waals surface area contributed by atoms with E-state index in [-0.39, 0.29) is 6.61 Å². The van der Waals surface area contributed by atoms with Gasteiger partial charge in [-0.15, -0.1) is 0 Å². The van der Waals surface area contributed by atoms with Gasteiger partial charge in [0.25, 0.3) is 0 Å². The number of hydrogen-bond donors (Lipinski definition) is 1. The second-order valence-electron chi connectivity index (χ2n) is 6.81. The van der Waals surface area contributed by atoms with Gasteiger partial charge >= 0.3 is 0 Å². The summed E-state index contributed by atoms with van der Waals surface area (Å²) < 4.78 is 12.9. The summed E-state index contributed by atoms with van der Waals surface area (Å²) in [6.45, 7) is 8.24. The molecule has 1 N–H and O–H groups in total. The van der Waals surface area contributed by atoms with E-state index in [1.165, 1.54) is 0 Å². The Bertz CT molecular complexity index is 635. The molecule has 1 aromatic heterocycles. The van der Waals surface area contributed by atoms with Crippen molar-refractivity contribution in [1.82, 2.24) is 9.78 Å². The predicted octanol–water partition coefficient (Wildman–Crippen LogP) is 3.36. The minimum absolute atomic E-state index is 0.00490. The van der Waals surface area contributed by atoms with Crippen LogP contribution in [-0.2, 0) is 18.1 Å². The normalized spacial score (nSPS) is 11.7. The van der Waals surface area contributed by atoms with E-state index in [2.05, 4.69) is 24.7 Å². The van der Waals surface area contributed by atoms with Crippen molar-refractivity contribution >= 4 is 8.07 Å². The molecule has 0 bridgehead atoms. The van der Waals surface area contributed by atoms with Crippen molar-refractivity contribution < 1.29 is 14.6 Å². The standard InChI is InChI=1S/C17H26N2O3Si/c1-21-17-6-5-14(12-20)9-16(17)15-10-18-19(11-15)13-22-7-8-23(2,3)4/h5-6,9-11,20H,7-8,12-13H2,1-4H3. The lowest BCUT2D eigenvalue weighted by atomic mass is 10.1. The van der Waals surface area contributed by atoms with E-state index in [9.17, 15) is 5.11 Å². The molecule has 0 aliphatic carbocycles. The maximum atomic E-state index is 9.31. The molecule has 0 aliphatic heterocycles. The fraction of sp³-hybridized carbons (Fsp3) is 0.471. The molecule has 1 aromatic carbocycles. The van der Waals surface area contributed by atoms with Crippen molar-refractivity contribution in [2.75, 3.05) is 13.7 Å². The number of benzene rings is 1. The average molecular weight is 334 g/mol. The first-order chi connectivity index (χ1) is 10.9. The quantitative estimate of drug-likeness (QED) is 0.594. The van der Waals surface area contributed by atoms with Gasteiger partial charge < -0.3 is 14.6 Å². The second kappa shape index (κ2) is 7.76. The van der Waals surface area contributed by atoms with Gasteiger partial charge in [0.1, 0.15) is 12.5 Å². The first kappa shape index (κ1) is 17.7. The zero-order valence-corrected chi connectivity index (χ0v) is 15.4. The molecule has 2 rings (SSSR count). The molecule has 0 aliphatic rings. The molecule has 0 amide bonds. The summed E-state index contributed by atoms with van der Waals surface area (Å²) in [6, 6.07) is 6.79. The van der Waals surface area contributed by atoms with Gasteiger partial charge in [0.05, 0.1) is 19.9 Å². The molecule has 126 valence electrons. The Hall–Kier alpha value is -1.63. The first-order valence-corrected chi connectivity index (χ1v) is 11.5. The molecule has 1 heterocycles. The van der Waals surface area contributed by atoms with Crippen molar-refractivity contribution in [2.45, 2.75) is 39.0 Å². The zero-order valence-electron chi connectivity index (χ0n) is 14.4. The van der Waals surface area contributed by atoms with E-state index in [1.54, 1.807) is 18.0 Å². The third kappa shape index (κ3) is 5.19. The number of hydrogen-bond acceptors (Lipinski definition) is 4. The molecular weight excluding hydrogens is 308 g/mol. The van der Waals surface area contributed by atoms with E-state index >= 15 is 0 Å². The highest BCUT2D eigenvalue weighted by Gasteiger charge is 2.12. The molecule has 2 aromatic rings. The lowest BCUT2D eigenvalue weighted by molar-refractivity contribution is 0.0786. The Morgan fingerprint density at radius 3 is 2.70 bits per heavy atom. The van der Waals surface area contributed by atoms with Gasteiger partial charge in [-0.2, -0.15) is 5.10 Å². The van der Waals surface area contributed by atoms with Gasteiger partial charge in [-0.05, 0) is 23.7 Å². The largest absolute Gasteiger partial charge is 0.496 e. The number of methoxy groups -OCH3 is 1. The summed E-state index contributed by atoms with van der Waals surface area (Å²) in [7, 11) is 0.580. The van der Waals surface area contributed by atoms with E-state index in [0.717, 1.165) is 35.1 Å². The third-order valence-corrected chi connectivity index (χ3v) is 5.31. The van der Waals surface area contributed by atoms with Crippen LogP contribution >= 0.6 is 0 Å². The van der Waals surface area contributed by atoms with Crippen LogP contribution in [0, 0.1) is 0 Å². The molecule has 23 heavy (non-hydrogen) atoms. The Labute approximate surface area is 138 Å². The van der Waals surface area contributed by atoms with Crippen LogP contribution in [0.3, 0.4) is 0 Å². The van der Waals surface area contributed by atoms with Gasteiger partial charge in [-0.25, -0.2) is 4.68 Å². The molecule has 0 spiro atoms. The number of rotatable bonds is 8. The lowest BCUT2D eigenvalue weighted by Crippen LogP contribution is -2.22. The van der Waals surface area contributed by atoms with Crippen LogP contribution in [0.2, 0.25) is 25.7 Å². The van der Waals surface area contributed by atoms with Crippen LogP contribution in [0.15, 0.2) is 30.6 Å². The minimum atomic E-state index is -1.06. The van der Waals surface area contributed by atoms with Crippen molar-refractivity contribution in [3.05, 3.63) is 36.2 Å². The lowest BCUT2D eigenvalue weighted by Gasteiger charge is -2.15. The van der Waals surface area contributed by atoms with Crippen molar-refractivity contribution in [3.8, 4) is 16.9 Å². The monoisotopic (exact) mass is 334 g/mol. The Morgan fingerprint density at radius 1 is 1.26 bits per heavy atom. The molecule has 0 unspecified atom stereocenters. The van der Waals surface area contributed by atoms with E-state index in [4.69, 9.17) is 9.47 Å². The summed E-state index contributed by atoms with van der Waals surface area (Å²) in [5.74, 6) is 0.765. The fourth-order valence-electron chi connectivity index (χ4n) is 2.19. The van der Waals surface area contributed by atoms with Gasteiger partial charge in [0.2, 0.25) is 0 Å². The highest BCUT2D eigenvalue weighted by atomic mass is 28.3. The van der Waals surface area contributed by atoms with Crippen molar-refractivity contribution in [2.24, 2.45) is 0 Å². The molecular formula is C17H26N2O3Si. The first-order valence-electron chi connectivity index (χ1n) is 7.81. The van der Waals surface area contributed by atoms with E-state index in [1.807, 2.05) is 24.4 Å². The molecule has 0 saturated heterocycles. The topological polar surface area (TPSA) is 56.5 Å². The number of aliphatic hydroxyl groups is 1. The van der Waals surface area contributed by atoms with Crippen LogP contribution in [0.5, 0.6) is 5.75 Å². The number of aromatic nitrogens is 2. The van der Waals surface area contributed by atoms with E-state index < -0.39 is 8.07 Å². The van der Waals surface area contributed by atoms with E-state index in [0.29, 0.717) is 6.73 Å². The fourth-order valence-corrected chi connectivity index (χ4v) is 2.95. The van der Waals surface area contributed by atoms with Crippen LogP contribution in [0.25, 0.3) is 11.1 Å². The zero-order chi connectivity index (χ0) is 16.9. The summed E-state index contributed by atoms with van der Waals surface area (Å²) >= 11 is 0. The van der Waals surface area contributed by atoms with Gasteiger partial charge in [-0.1, -0.05) is 25.7 Å². The second-order valence-corrected chi connectivity index (χ2v) is 12.4. The van der Waals surface area contributed by atoms with Crippen LogP contribution < -0.4 is 4.74 Å². The molecule has 0 saturated carbocycles. The maximum absolute atomic E-state index is 9.31. The Balaban J connectivity index is 2.04. The van der Waals surface area contributed by atoms with Crippen LogP contribution in [-0.4, -0.2) is 36.7 Å².